The third-order valence-corrected chi connectivity index (χ3v) is 4.56. The molecule has 0 amide bonds. The molecule has 0 radical (unpaired) electrons. The summed E-state index contributed by atoms with van der Waals surface area (Å²) in [6.07, 6.45) is 0.726. The van der Waals surface area contributed by atoms with Crippen LogP contribution in [-0.4, -0.2) is 40.6 Å². The topological polar surface area (TPSA) is 114 Å². The van der Waals surface area contributed by atoms with Crippen LogP contribution < -0.4 is 5.43 Å². The highest BCUT2D eigenvalue weighted by atomic mass is 16.6. The van der Waals surface area contributed by atoms with Crippen LogP contribution in [0.3, 0.4) is 0 Å². The molecule has 2 aromatic carbocycles. The third kappa shape index (κ3) is 4.26. The summed E-state index contributed by atoms with van der Waals surface area (Å²) in [4.78, 5) is 23.0. The smallest absolute Gasteiger partial charge is 0.301 e. The Hall–Kier alpha value is -3.33. The minimum absolute atomic E-state index is 0.0783. The fourth-order valence-electron chi connectivity index (χ4n) is 3.12. The molecular formula is C18H19N5O4. The quantitative estimate of drug-likeness (QED) is 0.638. The fraction of sp³-hybridized carbons (Fsp3) is 0.278. The number of non-ortho nitro benzene ring substituents is 1. The number of likely N-dealkylation sites (N-methyl/N-ethyl adjacent to an activating group) is 1. The molecule has 1 atom stereocenters. The van der Waals surface area contributed by atoms with Gasteiger partial charge in [-0.2, -0.15) is 5.10 Å². The molecule has 1 fully saturated rings. The molecule has 2 aromatic rings. The van der Waals surface area contributed by atoms with Crippen LogP contribution in [0.15, 0.2) is 53.6 Å². The maximum atomic E-state index is 11.3. The third-order valence-electron chi connectivity index (χ3n) is 4.56. The van der Waals surface area contributed by atoms with Crippen LogP contribution in [0, 0.1) is 20.2 Å². The standard InChI is InChI=1S/C18H19N5O4/c1-21-10-9-16(15(12-21)13-5-3-2-4-6-13)19-20-17-8-7-14(22(24)25)11-18(17)23(26)27/h2-8,11,15,20H,9-10,12H2,1H3. The average Bonchev–Trinajstić information content (AvgIpc) is 2.67. The van der Waals surface area contributed by atoms with E-state index in [2.05, 4.69) is 15.4 Å². The van der Waals surface area contributed by atoms with Gasteiger partial charge >= 0.3 is 5.69 Å². The fourth-order valence-corrected chi connectivity index (χ4v) is 3.12. The summed E-state index contributed by atoms with van der Waals surface area (Å²) in [5.41, 5.74) is 4.19. The van der Waals surface area contributed by atoms with Gasteiger partial charge in [-0.25, -0.2) is 0 Å². The maximum Gasteiger partial charge on any atom is 0.301 e. The molecule has 140 valence electrons. The number of anilines is 1. The van der Waals surface area contributed by atoms with Crippen molar-refractivity contribution in [2.75, 3.05) is 25.6 Å². The molecule has 0 saturated carbocycles. The zero-order valence-electron chi connectivity index (χ0n) is 14.7. The number of nitro benzene ring substituents is 2. The lowest BCUT2D eigenvalue weighted by atomic mass is 9.89. The predicted molar refractivity (Wildman–Crippen MR) is 102 cm³/mol. The van der Waals surface area contributed by atoms with Crippen molar-refractivity contribution in [2.24, 2.45) is 5.10 Å². The molecule has 0 aromatic heterocycles. The lowest BCUT2D eigenvalue weighted by Gasteiger charge is -2.31. The van der Waals surface area contributed by atoms with Crippen LogP contribution in [0.4, 0.5) is 17.1 Å². The van der Waals surface area contributed by atoms with E-state index in [1.807, 2.05) is 37.4 Å². The van der Waals surface area contributed by atoms with Crippen LogP contribution in [0.2, 0.25) is 0 Å². The van der Waals surface area contributed by atoms with Gasteiger partial charge in [-0.1, -0.05) is 30.3 Å². The van der Waals surface area contributed by atoms with Crippen molar-refractivity contribution in [2.45, 2.75) is 12.3 Å². The maximum absolute atomic E-state index is 11.3. The van der Waals surface area contributed by atoms with Crippen LogP contribution in [0.1, 0.15) is 17.9 Å². The highest BCUT2D eigenvalue weighted by Crippen LogP contribution is 2.30. The molecule has 1 N–H and O–H groups in total. The van der Waals surface area contributed by atoms with Crippen molar-refractivity contribution in [1.82, 2.24) is 4.90 Å². The van der Waals surface area contributed by atoms with Crippen molar-refractivity contribution in [3.8, 4) is 0 Å². The Kier molecular flexibility index (Phi) is 5.41. The number of rotatable bonds is 5. The van der Waals surface area contributed by atoms with E-state index in [4.69, 9.17) is 0 Å². The summed E-state index contributed by atoms with van der Waals surface area (Å²) in [6, 6.07) is 13.4. The summed E-state index contributed by atoms with van der Waals surface area (Å²) >= 11 is 0. The van der Waals surface area contributed by atoms with Crippen molar-refractivity contribution < 1.29 is 9.85 Å². The molecule has 1 unspecified atom stereocenters. The molecule has 1 aliphatic heterocycles. The van der Waals surface area contributed by atoms with Gasteiger partial charge in [0.15, 0.2) is 0 Å². The number of nitrogens with one attached hydrogen (secondary N) is 1. The summed E-state index contributed by atoms with van der Waals surface area (Å²) < 4.78 is 0. The first-order chi connectivity index (χ1) is 13.0. The number of likely N-dealkylation sites (tertiary alicyclic amines) is 1. The Bertz CT molecular complexity index is 885. The molecule has 1 heterocycles. The molecule has 0 bridgehead atoms. The van der Waals surface area contributed by atoms with E-state index in [1.165, 1.54) is 12.1 Å². The van der Waals surface area contributed by atoms with Gasteiger partial charge in [-0.15, -0.1) is 0 Å². The van der Waals surface area contributed by atoms with Crippen molar-refractivity contribution in [3.63, 3.8) is 0 Å². The second-order valence-corrected chi connectivity index (χ2v) is 6.41. The average molecular weight is 369 g/mol. The van der Waals surface area contributed by atoms with Gasteiger partial charge in [0.05, 0.1) is 15.9 Å². The second-order valence-electron chi connectivity index (χ2n) is 6.41. The van der Waals surface area contributed by atoms with Gasteiger partial charge in [0, 0.05) is 37.2 Å². The SMILES string of the molecule is CN1CCC(=NNc2ccc([N+](=O)[O-])cc2[N+](=O)[O-])C(c2ccccc2)C1. The Labute approximate surface area is 155 Å². The summed E-state index contributed by atoms with van der Waals surface area (Å²) in [7, 11) is 2.04. The number of benzene rings is 2. The molecule has 0 aliphatic carbocycles. The van der Waals surface area contributed by atoms with Crippen LogP contribution >= 0.6 is 0 Å². The predicted octanol–water partition coefficient (Wildman–Crippen LogP) is 3.39. The lowest BCUT2D eigenvalue weighted by molar-refractivity contribution is -0.393. The molecule has 9 heteroatoms. The highest BCUT2D eigenvalue weighted by molar-refractivity contribution is 5.92. The molecule has 1 aliphatic rings. The number of piperidine rings is 1. The van der Waals surface area contributed by atoms with E-state index in [0.29, 0.717) is 0 Å². The van der Waals surface area contributed by atoms with E-state index in [9.17, 15) is 20.2 Å². The second kappa shape index (κ2) is 7.92. The Morgan fingerprint density at radius 1 is 1.11 bits per heavy atom. The molecule has 9 nitrogen and oxygen atoms in total. The summed E-state index contributed by atoms with van der Waals surface area (Å²) in [5.74, 6) is 0.0783. The lowest BCUT2D eigenvalue weighted by Crippen LogP contribution is -2.37. The van der Waals surface area contributed by atoms with Gasteiger partial charge < -0.3 is 4.90 Å². The molecule has 0 spiro atoms. The van der Waals surface area contributed by atoms with E-state index < -0.39 is 9.85 Å². The number of nitro groups is 2. The van der Waals surface area contributed by atoms with E-state index in [-0.39, 0.29) is 23.0 Å². The Morgan fingerprint density at radius 3 is 2.52 bits per heavy atom. The first-order valence-corrected chi connectivity index (χ1v) is 8.44. The highest BCUT2D eigenvalue weighted by Gasteiger charge is 2.26. The van der Waals surface area contributed by atoms with Crippen molar-refractivity contribution in [3.05, 3.63) is 74.3 Å². The normalized spacial score (nSPS) is 19.0. The van der Waals surface area contributed by atoms with Crippen molar-refractivity contribution >= 4 is 22.8 Å². The molecule has 27 heavy (non-hydrogen) atoms. The minimum Gasteiger partial charge on any atom is -0.305 e. The van der Waals surface area contributed by atoms with Gasteiger partial charge in [-0.3, -0.25) is 25.7 Å². The van der Waals surface area contributed by atoms with Gasteiger partial charge in [-0.05, 0) is 18.7 Å². The van der Waals surface area contributed by atoms with E-state index in [1.54, 1.807) is 0 Å². The monoisotopic (exact) mass is 369 g/mol. The minimum atomic E-state index is -0.662. The molecule has 1 saturated heterocycles. The summed E-state index contributed by atoms with van der Waals surface area (Å²) in [6.45, 7) is 1.64. The van der Waals surface area contributed by atoms with Gasteiger partial charge in [0.2, 0.25) is 0 Å². The Balaban J connectivity index is 1.89. The zero-order valence-corrected chi connectivity index (χ0v) is 14.7. The molecular weight excluding hydrogens is 350 g/mol. The Morgan fingerprint density at radius 2 is 1.85 bits per heavy atom. The molecule has 3 rings (SSSR count). The van der Waals surface area contributed by atoms with Crippen molar-refractivity contribution in [1.29, 1.82) is 0 Å². The van der Waals surface area contributed by atoms with E-state index in [0.717, 1.165) is 36.9 Å². The number of hydrogen-bond donors (Lipinski definition) is 1. The van der Waals surface area contributed by atoms with Crippen LogP contribution in [0.25, 0.3) is 0 Å². The number of nitrogens with zero attached hydrogens (tertiary/aromatic N) is 4. The van der Waals surface area contributed by atoms with Crippen LogP contribution in [0.5, 0.6) is 0 Å². The van der Waals surface area contributed by atoms with Gasteiger partial charge in [0.1, 0.15) is 5.69 Å². The van der Waals surface area contributed by atoms with Gasteiger partial charge in [0.25, 0.3) is 5.69 Å². The summed E-state index contributed by atoms with van der Waals surface area (Å²) in [5, 5.41) is 26.5. The first-order valence-electron chi connectivity index (χ1n) is 8.44. The number of hydrogen-bond acceptors (Lipinski definition) is 7. The number of hydrazone groups is 1. The van der Waals surface area contributed by atoms with E-state index >= 15 is 0 Å². The van der Waals surface area contributed by atoms with Crippen LogP contribution in [-0.2, 0) is 0 Å². The first kappa shape index (κ1) is 18.5. The zero-order chi connectivity index (χ0) is 19.4. The largest absolute Gasteiger partial charge is 0.305 e.